The molecule has 2 nitrogen and oxygen atoms in total. The molecule has 0 amide bonds. The number of nitrogens with zero attached hydrogens (tertiary/aromatic N) is 1. The smallest absolute Gasteiger partial charge is 0.159 e. The summed E-state index contributed by atoms with van der Waals surface area (Å²) in [7, 11) is 0. The van der Waals surface area contributed by atoms with Crippen LogP contribution in [0.4, 0.5) is 17.1 Å². The molecule has 8 aliphatic rings. The SMILES string of the molecule is c1cc(-c2ccc(N(c3ccc(-c4cccc5ccccc45)cc3)c3cccc4c3oc3ccccc34)cc2C23CC4CC(CC(C4)C2)C3)cc(C23CC4CC(CC(C4)C2)C3)c1. The van der Waals surface area contributed by atoms with Crippen molar-refractivity contribution in [3.8, 4) is 22.3 Å². The van der Waals surface area contributed by atoms with Gasteiger partial charge in [0.1, 0.15) is 5.58 Å². The fraction of sp³-hybridized carbons (Fsp3) is 0.333. The van der Waals surface area contributed by atoms with Crippen molar-refractivity contribution in [1.29, 1.82) is 0 Å². The summed E-state index contributed by atoms with van der Waals surface area (Å²) in [5.41, 5.74) is 14.6. The average Bonchev–Trinajstić information content (AvgIpc) is 3.68. The molecule has 8 bridgehead atoms. The molecule has 1 heterocycles. The van der Waals surface area contributed by atoms with Gasteiger partial charge in [-0.05, 0) is 204 Å². The highest BCUT2D eigenvalue weighted by Crippen LogP contribution is 2.64. The van der Waals surface area contributed by atoms with Gasteiger partial charge in [-0.3, -0.25) is 0 Å². The van der Waals surface area contributed by atoms with Gasteiger partial charge in [0, 0.05) is 22.1 Å². The van der Waals surface area contributed by atoms with Crippen molar-refractivity contribution in [1.82, 2.24) is 0 Å². The van der Waals surface area contributed by atoms with E-state index < -0.39 is 0 Å². The number of fused-ring (bicyclic) bond motifs is 4. The minimum atomic E-state index is 0.214. The zero-order valence-corrected chi connectivity index (χ0v) is 35.7. The van der Waals surface area contributed by atoms with Crippen molar-refractivity contribution in [2.45, 2.75) is 87.9 Å². The summed E-state index contributed by atoms with van der Waals surface area (Å²) in [6, 6.07) is 57.7. The molecule has 8 fully saturated rings. The second-order valence-electron chi connectivity index (χ2n) is 21.4. The van der Waals surface area contributed by atoms with E-state index in [0.29, 0.717) is 5.41 Å². The van der Waals surface area contributed by atoms with Crippen LogP contribution in [0, 0.1) is 35.5 Å². The van der Waals surface area contributed by atoms with E-state index in [4.69, 9.17) is 4.42 Å². The number of furan rings is 1. The maximum Gasteiger partial charge on any atom is 0.159 e. The molecule has 0 spiro atoms. The molecule has 0 unspecified atom stereocenters. The van der Waals surface area contributed by atoms with Crippen LogP contribution in [0.3, 0.4) is 0 Å². The average molecular weight is 806 g/mol. The predicted molar refractivity (Wildman–Crippen MR) is 256 cm³/mol. The molecule has 8 aromatic rings. The largest absolute Gasteiger partial charge is 0.454 e. The van der Waals surface area contributed by atoms with Crippen LogP contribution in [0.1, 0.15) is 88.2 Å². The van der Waals surface area contributed by atoms with Gasteiger partial charge in [-0.25, -0.2) is 0 Å². The Hall–Kier alpha value is -5.60. The highest BCUT2D eigenvalue weighted by Gasteiger charge is 2.53. The summed E-state index contributed by atoms with van der Waals surface area (Å²) in [5.74, 6) is 5.40. The summed E-state index contributed by atoms with van der Waals surface area (Å²) < 4.78 is 6.84. The minimum Gasteiger partial charge on any atom is -0.454 e. The molecule has 0 saturated heterocycles. The zero-order chi connectivity index (χ0) is 40.6. The van der Waals surface area contributed by atoms with Crippen molar-refractivity contribution < 1.29 is 4.42 Å². The van der Waals surface area contributed by atoms with E-state index in [-0.39, 0.29) is 5.41 Å². The number of rotatable bonds is 7. The maximum absolute atomic E-state index is 6.84. The predicted octanol–water partition coefficient (Wildman–Crippen LogP) is 16.5. The number of anilines is 3. The lowest BCUT2D eigenvalue weighted by Crippen LogP contribution is -2.49. The summed E-state index contributed by atoms with van der Waals surface area (Å²) in [4.78, 5) is 2.51. The van der Waals surface area contributed by atoms with Crippen molar-refractivity contribution >= 4 is 49.8 Å². The highest BCUT2D eigenvalue weighted by atomic mass is 16.3. The van der Waals surface area contributed by atoms with Gasteiger partial charge >= 0.3 is 0 Å². The van der Waals surface area contributed by atoms with Crippen molar-refractivity contribution in [3.63, 3.8) is 0 Å². The van der Waals surface area contributed by atoms with E-state index in [9.17, 15) is 0 Å². The van der Waals surface area contributed by atoms with Crippen LogP contribution in [0.5, 0.6) is 0 Å². The lowest BCUT2D eigenvalue weighted by atomic mass is 9.47. The van der Waals surface area contributed by atoms with Gasteiger partial charge < -0.3 is 9.32 Å². The van der Waals surface area contributed by atoms with E-state index in [2.05, 4.69) is 157 Å². The lowest BCUT2D eigenvalue weighted by molar-refractivity contribution is -0.00520. The molecule has 0 N–H and O–H groups in total. The first-order chi connectivity index (χ1) is 30.5. The Kier molecular flexibility index (Phi) is 7.80. The van der Waals surface area contributed by atoms with Crippen LogP contribution < -0.4 is 4.90 Å². The Morgan fingerprint density at radius 3 is 1.73 bits per heavy atom. The fourth-order valence-electron chi connectivity index (χ4n) is 15.9. The van der Waals surface area contributed by atoms with Crippen LogP contribution in [0.2, 0.25) is 0 Å². The molecular weight excluding hydrogens is 751 g/mol. The summed E-state index contributed by atoms with van der Waals surface area (Å²) in [6.45, 7) is 0. The number of hydrogen-bond donors (Lipinski definition) is 0. The molecule has 0 atom stereocenters. The molecule has 0 aliphatic heterocycles. The Labute approximate surface area is 366 Å². The number of hydrogen-bond acceptors (Lipinski definition) is 2. The fourth-order valence-corrected chi connectivity index (χ4v) is 15.9. The first-order valence-electron chi connectivity index (χ1n) is 24.1. The number of para-hydroxylation sites is 2. The van der Waals surface area contributed by atoms with Gasteiger partial charge in [-0.2, -0.15) is 0 Å². The molecule has 62 heavy (non-hydrogen) atoms. The second kappa shape index (κ2) is 13.5. The van der Waals surface area contributed by atoms with Gasteiger partial charge in [0.05, 0.1) is 5.69 Å². The van der Waals surface area contributed by atoms with Crippen LogP contribution in [-0.2, 0) is 10.8 Å². The third-order valence-corrected chi connectivity index (χ3v) is 17.5. The Balaban J connectivity index is 0.954. The van der Waals surface area contributed by atoms with Gasteiger partial charge in [0.25, 0.3) is 0 Å². The molecule has 306 valence electrons. The van der Waals surface area contributed by atoms with Crippen LogP contribution in [-0.4, -0.2) is 0 Å². The minimum absolute atomic E-state index is 0.214. The molecule has 2 heteroatoms. The molecular formula is C60H55NO. The molecule has 8 aliphatic carbocycles. The second-order valence-corrected chi connectivity index (χ2v) is 21.4. The maximum atomic E-state index is 6.84. The molecule has 1 aromatic heterocycles. The summed E-state index contributed by atoms with van der Waals surface area (Å²) >= 11 is 0. The summed E-state index contributed by atoms with van der Waals surface area (Å²) in [6.07, 6.45) is 17.0. The van der Waals surface area contributed by atoms with Gasteiger partial charge in [0.15, 0.2) is 5.58 Å². The summed E-state index contributed by atoms with van der Waals surface area (Å²) in [5, 5.41) is 4.89. The highest BCUT2D eigenvalue weighted by molar-refractivity contribution is 6.10. The standard InChI is InChI=1S/C60H55NO/c1-2-12-50-44(8-1)9-6-14-51(50)45-18-20-48(21-19-45)61(56-16-7-15-54-53-13-3-4-17-57(53)62-58(54)56)49-22-23-52(55(31-49)60-35-41-27-42(36-60)29-43(28-41)37-60)46-10-5-11-47(30-46)59-32-38-24-39(33-59)26-40(25-38)34-59/h1-23,30-31,38-43H,24-29,32-37H2. The topological polar surface area (TPSA) is 16.4 Å². The molecule has 8 saturated carbocycles. The van der Waals surface area contributed by atoms with Gasteiger partial charge in [-0.15, -0.1) is 0 Å². The third-order valence-electron chi connectivity index (χ3n) is 17.5. The monoisotopic (exact) mass is 805 g/mol. The Bertz CT molecular complexity index is 2980. The van der Waals surface area contributed by atoms with E-state index in [1.807, 2.05) is 0 Å². The number of benzene rings is 7. The van der Waals surface area contributed by atoms with E-state index in [1.165, 1.54) is 121 Å². The van der Waals surface area contributed by atoms with Crippen LogP contribution in [0.25, 0.3) is 55.0 Å². The Morgan fingerprint density at radius 1 is 0.419 bits per heavy atom. The first kappa shape index (κ1) is 35.9. The molecule has 16 rings (SSSR count). The van der Waals surface area contributed by atoms with Gasteiger partial charge in [-0.1, -0.05) is 115 Å². The molecule has 7 aromatic carbocycles. The van der Waals surface area contributed by atoms with Crippen molar-refractivity contribution in [2.75, 3.05) is 4.90 Å². The van der Waals surface area contributed by atoms with Crippen LogP contribution in [0.15, 0.2) is 156 Å². The quantitative estimate of drug-likeness (QED) is 0.160. The van der Waals surface area contributed by atoms with E-state index in [1.54, 1.807) is 11.1 Å². The van der Waals surface area contributed by atoms with Crippen molar-refractivity contribution in [3.05, 3.63) is 163 Å². The normalized spacial score (nSPS) is 29.3. The van der Waals surface area contributed by atoms with Crippen LogP contribution >= 0.6 is 0 Å². The first-order valence-corrected chi connectivity index (χ1v) is 24.1. The molecule has 0 radical (unpaired) electrons. The zero-order valence-electron chi connectivity index (χ0n) is 35.7. The van der Waals surface area contributed by atoms with Crippen molar-refractivity contribution in [2.24, 2.45) is 35.5 Å². The Morgan fingerprint density at radius 2 is 1.00 bits per heavy atom. The lowest BCUT2D eigenvalue weighted by Gasteiger charge is -2.57. The van der Waals surface area contributed by atoms with E-state index >= 15 is 0 Å². The van der Waals surface area contributed by atoms with E-state index in [0.717, 1.165) is 63.4 Å². The van der Waals surface area contributed by atoms with Gasteiger partial charge in [0.2, 0.25) is 0 Å². The third kappa shape index (κ3) is 5.54.